The Morgan fingerprint density at radius 3 is 1.27 bits per heavy atom. The molecule has 0 spiro atoms. The highest BCUT2D eigenvalue weighted by atomic mass is 16.1. The maximum absolute atomic E-state index is 12.3. The molecule has 138 valence electrons. The summed E-state index contributed by atoms with van der Waals surface area (Å²) in [5, 5.41) is 0. The van der Waals surface area contributed by atoms with Crippen LogP contribution in [0.4, 0.5) is 0 Å². The van der Waals surface area contributed by atoms with E-state index < -0.39 is 0 Å². The molecule has 0 N–H and O–H groups in total. The molecule has 0 heterocycles. The summed E-state index contributed by atoms with van der Waals surface area (Å²) in [6.45, 7) is 4.35. The number of carbonyl (C=O) groups excluding carboxylic acids is 2. The van der Waals surface area contributed by atoms with Crippen molar-refractivity contribution in [3.05, 3.63) is 70.8 Å². The number of hydrogen-bond donors (Lipinski definition) is 0. The number of carbonyl (C=O) groups is 2. The van der Waals surface area contributed by atoms with Crippen LogP contribution < -0.4 is 0 Å². The molecule has 0 amide bonds. The second-order valence-corrected chi connectivity index (χ2v) is 6.95. The molecule has 0 aliphatic rings. The van der Waals surface area contributed by atoms with E-state index in [0.29, 0.717) is 11.1 Å². The third-order valence-corrected chi connectivity index (χ3v) is 4.77. The molecule has 2 rings (SSSR count). The molecule has 2 aromatic rings. The molecule has 0 atom stereocenters. The lowest BCUT2D eigenvalue weighted by Crippen LogP contribution is -2.05. The Bertz CT molecular complexity index is 632. The first-order valence-electron chi connectivity index (χ1n) is 9.88. The fourth-order valence-corrected chi connectivity index (χ4v) is 2.99. The lowest BCUT2D eigenvalue weighted by atomic mass is 9.99. The van der Waals surface area contributed by atoms with Gasteiger partial charge in [-0.2, -0.15) is 0 Å². The van der Waals surface area contributed by atoms with Crippen LogP contribution in [0, 0.1) is 0 Å². The van der Waals surface area contributed by atoms with Gasteiger partial charge in [0.15, 0.2) is 11.6 Å². The number of Topliss-reactive ketones (excluding diaryl/α,β-unsaturated/α-hetero) is 2. The average Bonchev–Trinajstić information content (AvgIpc) is 2.69. The minimum absolute atomic E-state index is 0.0416. The number of unbranched alkanes of at least 4 members (excludes halogenated alkanes) is 2. The van der Waals surface area contributed by atoms with Gasteiger partial charge in [0.25, 0.3) is 0 Å². The average molecular weight is 351 g/mol. The predicted octanol–water partition coefficient (Wildman–Crippen LogP) is 6.22. The van der Waals surface area contributed by atoms with E-state index in [1.807, 2.05) is 48.5 Å². The molecular weight excluding hydrogens is 320 g/mol. The maximum Gasteiger partial charge on any atom is 0.163 e. The molecule has 0 fully saturated rings. The number of rotatable bonds is 11. The predicted molar refractivity (Wildman–Crippen MR) is 108 cm³/mol. The Morgan fingerprint density at radius 1 is 0.615 bits per heavy atom. The van der Waals surface area contributed by atoms with Gasteiger partial charge in [-0.05, 0) is 36.8 Å². The lowest BCUT2D eigenvalue weighted by molar-refractivity contribution is 0.0917. The molecule has 0 aliphatic heterocycles. The van der Waals surface area contributed by atoms with E-state index in [9.17, 15) is 9.59 Å². The van der Waals surface area contributed by atoms with E-state index in [4.69, 9.17) is 0 Å². The molecular formula is C24H30O2. The number of hydrogen-bond acceptors (Lipinski definition) is 2. The van der Waals surface area contributed by atoms with Gasteiger partial charge in [-0.1, -0.05) is 75.2 Å². The molecule has 2 heteroatoms. The van der Waals surface area contributed by atoms with Crippen molar-refractivity contribution >= 4 is 11.6 Å². The first-order valence-corrected chi connectivity index (χ1v) is 9.88. The van der Waals surface area contributed by atoms with E-state index in [2.05, 4.69) is 13.8 Å². The van der Waals surface area contributed by atoms with Crippen molar-refractivity contribution in [3.8, 4) is 0 Å². The zero-order valence-electron chi connectivity index (χ0n) is 16.1. The second kappa shape index (κ2) is 10.7. The third-order valence-electron chi connectivity index (χ3n) is 4.77. The fraction of sp³-hybridized carbons (Fsp3) is 0.417. The second-order valence-electron chi connectivity index (χ2n) is 6.95. The highest BCUT2D eigenvalue weighted by molar-refractivity contribution is 6.02. The van der Waals surface area contributed by atoms with Crippen molar-refractivity contribution in [1.29, 1.82) is 0 Å². The van der Waals surface area contributed by atoms with Crippen LogP contribution in [0.1, 0.15) is 84.2 Å². The summed E-state index contributed by atoms with van der Waals surface area (Å²) in [5.41, 5.74) is 3.94. The normalized spacial score (nSPS) is 10.7. The van der Waals surface area contributed by atoms with E-state index in [1.165, 1.54) is 36.8 Å². The summed E-state index contributed by atoms with van der Waals surface area (Å²) in [6.07, 6.45) is 7.31. The molecule has 0 saturated carbocycles. The Morgan fingerprint density at radius 2 is 0.962 bits per heavy atom. The zero-order valence-corrected chi connectivity index (χ0v) is 16.1. The SMILES string of the molecule is CCCCc1ccc(C(=O)CCC(=O)c2ccc(CCCC)cc2)cc1. The summed E-state index contributed by atoms with van der Waals surface area (Å²) in [4.78, 5) is 24.7. The van der Waals surface area contributed by atoms with E-state index >= 15 is 0 Å². The summed E-state index contributed by atoms with van der Waals surface area (Å²) in [6, 6.07) is 15.7. The van der Waals surface area contributed by atoms with Crippen molar-refractivity contribution in [2.24, 2.45) is 0 Å². The molecule has 0 radical (unpaired) electrons. The topological polar surface area (TPSA) is 34.1 Å². The van der Waals surface area contributed by atoms with Gasteiger partial charge < -0.3 is 0 Å². The smallest absolute Gasteiger partial charge is 0.163 e. The minimum Gasteiger partial charge on any atom is -0.294 e. The molecule has 26 heavy (non-hydrogen) atoms. The van der Waals surface area contributed by atoms with Crippen LogP contribution in [-0.4, -0.2) is 11.6 Å². The number of ketones is 2. The van der Waals surface area contributed by atoms with Gasteiger partial charge in [0.1, 0.15) is 0 Å². The highest BCUT2D eigenvalue weighted by Gasteiger charge is 2.11. The summed E-state index contributed by atoms with van der Waals surface area (Å²) >= 11 is 0. The Kier molecular flexibility index (Phi) is 8.27. The van der Waals surface area contributed by atoms with Crippen LogP contribution in [0.25, 0.3) is 0 Å². The van der Waals surface area contributed by atoms with E-state index in [-0.39, 0.29) is 24.4 Å². The van der Waals surface area contributed by atoms with E-state index in [0.717, 1.165) is 12.8 Å². The quantitative estimate of drug-likeness (QED) is 0.451. The Balaban J connectivity index is 1.85. The zero-order chi connectivity index (χ0) is 18.8. The van der Waals surface area contributed by atoms with Gasteiger partial charge in [-0.15, -0.1) is 0 Å². The van der Waals surface area contributed by atoms with Crippen LogP contribution >= 0.6 is 0 Å². The van der Waals surface area contributed by atoms with Gasteiger partial charge in [0.2, 0.25) is 0 Å². The van der Waals surface area contributed by atoms with Gasteiger partial charge >= 0.3 is 0 Å². The van der Waals surface area contributed by atoms with Crippen LogP contribution in [0.3, 0.4) is 0 Å². The first-order chi connectivity index (χ1) is 12.6. The van der Waals surface area contributed by atoms with Crippen molar-refractivity contribution in [2.75, 3.05) is 0 Å². The molecule has 2 nitrogen and oxygen atoms in total. The standard InChI is InChI=1S/C24H30O2/c1-3-5-7-19-9-13-21(14-10-19)23(25)17-18-24(26)22-15-11-20(12-16-22)8-6-4-2/h9-16H,3-8,17-18H2,1-2H3. The molecule has 0 aliphatic carbocycles. The first kappa shape index (κ1) is 20.1. The highest BCUT2D eigenvalue weighted by Crippen LogP contribution is 2.14. The van der Waals surface area contributed by atoms with Crippen LogP contribution in [0.5, 0.6) is 0 Å². The summed E-state index contributed by atoms with van der Waals surface area (Å²) < 4.78 is 0. The van der Waals surface area contributed by atoms with Crippen molar-refractivity contribution in [3.63, 3.8) is 0 Å². The lowest BCUT2D eigenvalue weighted by Gasteiger charge is -2.05. The van der Waals surface area contributed by atoms with Gasteiger partial charge in [-0.25, -0.2) is 0 Å². The summed E-state index contributed by atoms with van der Waals surface area (Å²) in [5.74, 6) is 0.0833. The molecule has 0 aromatic heterocycles. The van der Waals surface area contributed by atoms with E-state index in [1.54, 1.807) is 0 Å². The van der Waals surface area contributed by atoms with Crippen LogP contribution in [-0.2, 0) is 12.8 Å². The Hall–Kier alpha value is -2.22. The van der Waals surface area contributed by atoms with Crippen molar-refractivity contribution in [1.82, 2.24) is 0 Å². The molecule has 0 unspecified atom stereocenters. The largest absolute Gasteiger partial charge is 0.294 e. The molecule has 0 saturated heterocycles. The number of benzene rings is 2. The van der Waals surface area contributed by atoms with Crippen LogP contribution in [0.15, 0.2) is 48.5 Å². The van der Waals surface area contributed by atoms with Crippen molar-refractivity contribution < 1.29 is 9.59 Å². The van der Waals surface area contributed by atoms with Crippen LogP contribution in [0.2, 0.25) is 0 Å². The monoisotopic (exact) mass is 350 g/mol. The van der Waals surface area contributed by atoms with Crippen molar-refractivity contribution in [2.45, 2.75) is 65.2 Å². The summed E-state index contributed by atoms with van der Waals surface area (Å²) in [7, 11) is 0. The maximum atomic E-state index is 12.3. The van der Waals surface area contributed by atoms with Gasteiger partial charge in [0.05, 0.1) is 0 Å². The minimum atomic E-state index is 0.0416. The van der Waals surface area contributed by atoms with Gasteiger partial charge in [0, 0.05) is 24.0 Å². The van der Waals surface area contributed by atoms with Gasteiger partial charge in [-0.3, -0.25) is 9.59 Å². The fourth-order valence-electron chi connectivity index (χ4n) is 2.99. The molecule has 0 bridgehead atoms. The number of aryl methyl sites for hydroxylation is 2. The molecule has 2 aromatic carbocycles. The Labute approximate surface area is 157 Å². The third kappa shape index (κ3) is 6.25.